The maximum atomic E-state index is 12.5. The van der Waals surface area contributed by atoms with Crippen LogP contribution >= 0.6 is 11.8 Å². The second kappa shape index (κ2) is 10.2. The third-order valence-electron chi connectivity index (χ3n) is 4.84. The van der Waals surface area contributed by atoms with E-state index in [2.05, 4.69) is 15.3 Å². The number of methoxy groups -OCH3 is 1. The predicted molar refractivity (Wildman–Crippen MR) is 112 cm³/mol. The van der Waals surface area contributed by atoms with Crippen LogP contribution in [0.4, 0.5) is 4.79 Å². The largest absolute Gasteiger partial charge is 0.469 e. The Balaban J connectivity index is 2.28. The van der Waals surface area contributed by atoms with Gasteiger partial charge in [0.05, 0.1) is 24.3 Å². The van der Waals surface area contributed by atoms with Gasteiger partial charge in [0.1, 0.15) is 6.61 Å². The van der Waals surface area contributed by atoms with Crippen LogP contribution in [-0.4, -0.2) is 35.4 Å². The fourth-order valence-electron chi connectivity index (χ4n) is 2.85. The highest BCUT2D eigenvalue weighted by Gasteiger charge is 2.34. The van der Waals surface area contributed by atoms with Gasteiger partial charge in [-0.25, -0.2) is 14.8 Å². The van der Waals surface area contributed by atoms with Gasteiger partial charge in [0.25, 0.3) is 0 Å². The van der Waals surface area contributed by atoms with Gasteiger partial charge in [0, 0.05) is 11.8 Å². The van der Waals surface area contributed by atoms with Gasteiger partial charge in [-0.15, -0.1) is 0 Å². The lowest BCUT2D eigenvalue weighted by atomic mass is 9.86. The first-order valence-electron chi connectivity index (χ1n) is 9.32. The summed E-state index contributed by atoms with van der Waals surface area (Å²) in [5.41, 5.74) is 1.27. The van der Waals surface area contributed by atoms with Crippen molar-refractivity contribution >= 4 is 23.8 Å². The number of aromatic nitrogens is 2. The number of carbonyl (C=O) groups is 2. The van der Waals surface area contributed by atoms with Crippen LogP contribution in [-0.2, 0) is 26.4 Å². The molecule has 1 aromatic carbocycles. The molecule has 2 unspecified atom stereocenters. The van der Waals surface area contributed by atoms with Gasteiger partial charge < -0.3 is 14.8 Å². The van der Waals surface area contributed by atoms with E-state index >= 15 is 0 Å². The third kappa shape index (κ3) is 5.69. The van der Waals surface area contributed by atoms with Crippen LogP contribution in [0.5, 0.6) is 0 Å². The van der Waals surface area contributed by atoms with Crippen molar-refractivity contribution in [3.63, 3.8) is 0 Å². The van der Waals surface area contributed by atoms with E-state index in [0.29, 0.717) is 22.8 Å². The van der Waals surface area contributed by atoms with E-state index in [-0.39, 0.29) is 6.61 Å². The quantitative estimate of drug-likeness (QED) is 0.394. The van der Waals surface area contributed by atoms with Gasteiger partial charge in [-0.1, -0.05) is 49.0 Å². The van der Waals surface area contributed by atoms with Crippen molar-refractivity contribution in [2.45, 2.75) is 50.4 Å². The number of esters is 1. The number of nitrogens with zero attached hydrogens (tertiary/aromatic N) is 2. The van der Waals surface area contributed by atoms with Gasteiger partial charge >= 0.3 is 12.1 Å². The maximum Gasteiger partial charge on any atom is 0.408 e. The SMILES string of the molecule is CCC(C)(NC(=O)OCc1ccccc1)c1cnc(SC)nc1C(C)C(=O)OC. The number of thioether (sulfide) groups is 1. The Morgan fingerprint density at radius 2 is 1.97 bits per heavy atom. The van der Waals surface area contributed by atoms with Crippen molar-refractivity contribution in [3.05, 3.63) is 53.3 Å². The molecule has 156 valence electrons. The molecule has 0 radical (unpaired) electrons. The van der Waals surface area contributed by atoms with Gasteiger partial charge in [-0.3, -0.25) is 4.79 Å². The molecule has 29 heavy (non-hydrogen) atoms. The number of ether oxygens (including phenoxy) is 2. The highest BCUT2D eigenvalue weighted by Crippen LogP contribution is 2.32. The molecule has 7 nitrogen and oxygen atoms in total. The summed E-state index contributed by atoms with van der Waals surface area (Å²) in [5.74, 6) is -1.00. The predicted octanol–water partition coefficient (Wildman–Crippen LogP) is 4.03. The first kappa shape index (κ1) is 22.7. The van der Waals surface area contributed by atoms with Crippen molar-refractivity contribution in [3.8, 4) is 0 Å². The fourth-order valence-corrected chi connectivity index (χ4v) is 3.20. The second-order valence-electron chi connectivity index (χ2n) is 6.77. The summed E-state index contributed by atoms with van der Waals surface area (Å²) in [7, 11) is 1.34. The average molecular weight is 418 g/mol. The summed E-state index contributed by atoms with van der Waals surface area (Å²) < 4.78 is 10.3. The van der Waals surface area contributed by atoms with Crippen molar-refractivity contribution in [2.75, 3.05) is 13.4 Å². The molecule has 1 heterocycles. The molecule has 2 rings (SSSR count). The van der Waals surface area contributed by atoms with Crippen LogP contribution < -0.4 is 5.32 Å². The molecule has 2 aromatic rings. The Kier molecular flexibility index (Phi) is 8.01. The van der Waals surface area contributed by atoms with Gasteiger partial charge in [-0.2, -0.15) is 0 Å². The van der Waals surface area contributed by atoms with Crippen LogP contribution in [0.2, 0.25) is 0 Å². The van der Waals surface area contributed by atoms with Crippen LogP contribution in [0.3, 0.4) is 0 Å². The minimum absolute atomic E-state index is 0.166. The number of benzene rings is 1. The van der Waals surface area contributed by atoms with Crippen LogP contribution in [0.25, 0.3) is 0 Å². The topological polar surface area (TPSA) is 90.4 Å². The van der Waals surface area contributed by atoms with Crippen molar-refractivity contribution < 1.29 is 19.1 Å². The van der Waals surface area contributed by atoms with Gasteiger partial charge in [0.2, 0.25) is 0 Å². The summed E-state index contributed by atoms with van der Waals surface area (Å²) in [6.07, 6.45) is 3.52. The zero-order valence-corrected chi connectivity index (χ0v) is 18.2. The number of hydrogen-bond acceptors (Lipinski definition) is 7. The van der Waals surface area contributed by atoms with Crippen LogP contribution in [0.15, 0.2) is 41.7 Å². The zero-order chi connectivity index (χ0) is 21.4. The highest BCUT2D eigenvalue weighted by atomic mass is 32.2. The highest BCUT2D eigenvalue weighted by molar-refractivity contribution is 7.98. The average Bonchev–Trinajstić information content (AvgIpc) is 2.76. The number of amides is 1. The molecule has 0 aliphatic rings. The molecule has 0 aliphatic carbocycles. The zero-order valence-electron chi connectivity index (χ0n) is 17.4. The first-order valence-corrected chi connectivity index (χ1v) is 10.5. The number of carbonyl (C=O) groups excluding carboxylic acids is 2. The Bertz CT molecular complexity index is 847. The van der Waals surface area contributed by atoms with Crippen molar-refractivity contribution in [1.29, 1.82) is 0 Å². The second-order valence-corrected chi connectivity index (χ2v) is 7.55. The molecule has 1 amide bonds. The molecule has 0 aliphatic heterocycles. The molecular formula is C21H27N3O4S. The Labute approximate surface area is 175 Å². The van der Waals surface area contributed by atoms with E-state index in [4.69, 9.17) is 9.47 Å². The van der Waals surface area contributed by atoms with Gasteiger partial charge in [0.15, 0.2) is 5.16 Å². The maximum absolute atomic E-state index is 12.5. The summed E-state index contributed by atoms with van der Waals surface area (Å²) in [4.78, 5) is 33.5. The van der Waals surface area contributed by atoms with E-state index in [1.54, 1.807) is 13.1 Å². The fraction of sp³-hybridized carbons (Fsp3) is 0.429. The van der Waals surface area contributed by atoms with E-state index in [0.717, 1.165) is 5.56 Å². The lowest BCUT2D eigenvalue weighted by Crippen LogP contribution is -2.44. The van der Waals surface area contributed by atoms with E-state index in [9.17, 15) is 9.59 Å². The Morgan fingerprint density at radius 3 is 2.55 bits per heavy atom. The Morgan fingerprint density at radius 1 is 1.28 bits per heavy atom. The van der Waals surface area contributed by atoms with Gasteiger partial charge in [-0.05, 0) is 32.1 Å². The minimum atomic E-state index is -0.817. The summed E-state index contributed by atoms with van der Waals surface area (Å²) in [5, 5.41) is 3.47. The number of hydrogen-bond donors (Lipinski definition) is 1. The van der Waals surface area contributed by atoms with E-state index < -0.39 is 23.5 Å². The number of alkyl carbamates (subject to hydrolysis) is 1. The Hall–Kier alpha value is -2.61. The molecule has 8 heteroatoms. The summed E-state index contributed by atoms with van der Waals surface area (Å²) in [6.45, 7) is 5.69. The molecule has 0 fully saturated rings. The van der Waals surface area contributed by atoms with Crippen LogP contribution in [0.1, 0.15) is 49.9 Å². The minimum Gasteiger partial charge on any atom is -0.469 e. The molecular weight excluding hydrogens is 390 g/mol. The molecule has 2 atom stereocenters. The van der Waals surface area contributed by atoms with Crippen molar-refractivity contribution in [1.82, 2.24) is 15.3 Å². The van der Waals surface area contributed by atoms with E-state index in [1.807, 2.05) is 50.4 Å². The molecule has 0 saturated carbocycles. The molecule has 0 bridgehead atoms. The first-order chi connectivity index (χ1) is 13.8. The smallest absolute Gasteiger partial charge is 0.408 e. The number of nitrogens with one attached hydrogen (secondary N) is 1. The lowest BCUT2D eigenvalue weighted by Gasteiger charge is -2.32. The molecule has 1 aromatic heterocycles. The van der Waals surface area contributed by atoms with E-state index in [1.165, 1.54) is 18.9 Å². The lowest BCUT2D eigenvalue weighted by molar-refractivity contribution is -0.142. The molecule has 0 saturated heterocycles. The standard InChI is InChI=1S/C21H27N3O4S/c1-6-21(3,24-20(26)28-13-15-10-8-7-9-11-15)16-12-22-19(29-5)23-17(16)14(2)18(25)27-4/h7-12,14H,6,13H2,1-5H3,(H,24,26). The molecule has 0 spiro atoms. The summed E-state index contributed by atoms with van der Waals surface area (Å²) >= 11 is 1.38. The van der Waals surface area contributed by atoms with Crippen LogP contribution in [0, 0.1) is 0 Å². The monoisotopic (exact) mass is 417 g/mol. The summed E-state index contributed by atoms with van der Waals surface area (Å²) in [6, 6.07) is 9.45. The normalized spacial score (nSPS) is 13.8. The van der Waals surface area contributed by atoms with Crippen molar-refractivity contribution in [2.24, 2.45) is 0 Å². The number of rotatable bonds is 8. The third-order valence-corrected chi connectivity index (χ3v) is 5.40. The molecule has 1 N–H and O–H groups in total.